The summed E-state index contributed by atoms with van der Waals surface area (Å²) < 4.78 is 10.6. The van der Waals surface area contributed by atoms with Crippen molar-refractivity contribution < 1.29 is 24.2 Å². The van der Waals surface area contributed by atoms with Gasteiger partial charge in [0.05, 0.1) is 32.1 Å². The standard InChI is InChI=1S/C21H22N2O5/c1-22(11-12-24)19-18(14-9-10-16(27-2)17(13-14)28-3)20(25)23(21(19)26)15-7-5-4-6-8-15/h4-10,13,24H,11-12H2,1-3H3. The van der Waals surface area contributed by atoms with E-state index in [1.165, 1.54) is 14.2 Å². The number of aliphatic hydroxyl groups excluding tert-OH is 1. The van der Waals surface area contributed by atoms with Gasteiger partial charge in [-0.25, -0.2) is 4.90 Å². The Kier molecular flexibility index (Phi) is 5.65. The van der Waals surface area contributed by atoms with Gasteiger partial charge in [-0.1, -0.05) is 24.3 Å². The summed E-state index contributed by atoms with van der Waals surface area (Å²) >= 11 is 0. The molecule has 2 amide bonds. The number of hydrogen-bond acceptors (Lipinski definition) is 6. The monoisotopic (exact) mass is 382 g/mol. The van der Waals surface area contributed by atoms with Gasteiger partial charge in [-0.2, -0.15) is 0 Å². The van der Waals surface area contributed by atoms with E-state index in [1.54, 1.807) is 54.4 Å². The molecule has 0 atom stereocenters. The lowest BCUT2D eigenvalue weighted by Crippen LogP contribution is -2.34. The van der Waals surface area contributed by atoms with Crippen LogP contribution in [0, 0.1) is 0 Å². The van der Waals surface area contributed by atoms with Gasteiger partial charge in [-0.3, -0.25) is 9.59 Å². The summed E-state index contributed by atoms with van der Waals surface area (Å²) in [5, 5.41) is 9.33. The largest absolute Gasteiger partial charge is 0.493 e. The van der Waals surface area contributed by atoms with E-state index in [4.69, 9.17) is 9.47 Å². The van der Waals surface area contributed by atoms with Crippen LogP contribution in [0.1, 0.15) is 5.56 Å². The second kappa shape index (κ2) is 8.14. The van der Waals surface area contributed by atoms with Crippen LogP contribution in [0.4, 0.5) is 5.69 Å². The Hall–Kier alpha value is -3.32. The highest BCUT2D eigenvalue weighted by atomic mass is 16.5. The first-order valence-corrected chi connectivity index (χ1v) is 8.76. The van der Waals surface area contributed by atoms with Crippen LogP contribution < -0.4 is 14.4 Å². The number of nitrogens with zero attached hydrogens (tertiary/aromatic N) is 2. The van der Waals surface area contributed by atoms with Gasteiger partial charge in [-0.15, -0.1) is 0 Å². The van der Waals surface area contributed by atoms with Crippen molar-refractivity contribution in [2.45, 2.75) is 0 Å². The van der Waals surface area contributed by atoms with Gasteiger partial charge in [0.2, 0.25) is 0 Å². The molecule has 0 aromatic heterocycles. The average Bonchev–Trinajstić information content (AvgIpc) is 2.98. The molecule has 2 aromatic carbocycles. The number of likely N-dealkylation sites (N-methyl/N-ethyl adjacent to an activating group) is 1. The summed E-state index contributed by atoms with van der Waals surface area (Å²) in [6.45, 7) is 0.0692. The second-order valence-corrected chi connectivity index (χ2v) is 6.22. The molecule has 0 saturated carbocycles. The van der Waals surface area contributed by atoms with Gasteiger partial charge < -0.3 is 19.5 Å². The Morgan fingerprint density at radius 2 is 1.64 bits per heavy atom. The van der Waals surface area contributed by atoms with Crippen molar-refractivity contribution in [3.8, 4) is 11.5 Å². The summed E-state index contributed by atoms with van der Waals surface area (Å²) in [5.74, 6) is 0.115. The fraction of sp³-hybridized carbons (Fsp3) is 0.238. The van der Waals surface area contributed by atoms with E-state index in [-0.39, 0.29) is 24.4 Å². The van der Waals surface area contributed by atoms with E-state index in [0.29, 0.717) is 22.7 Å². The molecule has 1 heterocycles. The van der Waals surface area contributed by atoms with Crippen LogP contribution in [-0.4, -0.2) is 56.2 Å². The van der Waals surface area contributed by atoms with Crippen molar-refractivity contribution in [1.29, 1.82) is 0 Å². The Morgan fingerprint density at radius 3 is 2.25 bits per heavy atom. The minimum Gasteiger partial charge on any atom is -0.493 e. The number of carbonyl (C=O) groups is 2. The van der Waals surface area contributed by atoms with Gasteiger partial charge in [0.1, 0.15) is 5.70 Å². The molecule has 1 aliphatic heterocycles. The molecule has 28 heavy (non-hydrogen) atoms. The molecule has 0 radical (unpaired) electrons. The Balaban J connectivity index is 2.15. The van der Waals surface area contributed by atoms with Crippen LogP contribution >= 0.6 is 0 Å². The number of benzene rings is 2. The fourth-order valence-electron chi connectivity index (χ4n) is 3.20. The summed E-state index contributed by atoms with van der Waals surface area (Å²) in [7, 11) is 4.71. The highest BCUT2D eigenvalue weighted by molar-refractivity contribution is 6.45. The third kappa shape index (κ3) is 3.32. The van der Waals surface area contributed by atoms with Gasteiger partial charge in [-0.05, 0) is 29.8 Å². The van der Waals surface area contributed by atoms with Gasteiger partial charge in [0, 0.05) is 13.6 Å². The predicted molar refractivity (Wildman–Crippen MR) is 105 cm³/mol. The van der Waals surface area contributed by atoms with Gasteiger partial charge >= 0.3 is 0 Å². The second-order valence-electron chi connectivity index (χ2n) is 6.22. The van der Waals surface area contributed by atoms with Crippen molar-refractivity contribution in [3.63, 3.8) is 0 Å². The quantitative estimate of drug-likeness (QED) is 0.737. The summed E-state index contributed by atoms with van der Waals surface area (Å²) in [4.78, 5) is 29.2. The predicted octanol–water partition coefficient (Wildman–Crippen LogP) is 1.91. The number of ether oxygens (including phenoxy) is 2. The zero-order valence-electron chi connectivity index (χ0n) is 16.0. The van der Waals surface area contributed by atoms with Gasteiger partial charge in [0.25, 0.3) is 11.8 Å². The maximum absolute atomic E-state index is 13.3. The maximum Gasteiger partial charge on any atom is 0.282 e. The lowest BCUT2D eigenvalue weighted by Gasteiger charge is -2.20. The fourth-order valence-corrected chi connectivity index (χ4v) is 3.20. The minimum absolute atomic E-state index is 0.147. The molecule has 1 aliphatic rings. The Bertz CT molecular complexity index is 924. The van der Waals surface area contributed by atoms with Gasteiger partial charge in [0.15, 0.2) is 11.5 Å². The van der Waals surface area contributed by atoms with E-state index in [0.717, 1.165) is 4.90 Å². The van der Waals surface area contributed by atoms with Crippen LogP contribution in [-0.2, 0) is 9.59 Å². The van der Waals surface area contributed by atoms with Crippen LogP contribution in [0.2, 0.25) is 0 Å². The molecule has 1 N–H and O–H groups in total. The SMILES string of the molecule is COc1ccc(C2=C(N(C)CCO)C(=O)N(c3ccccc3)C2=O)cc1OC. The Morgan fingerprint density at radius 1 is 0.964 bits per heavy atom. The number of carbonyl (C=O) groups excluding carboxylic acids is 2. The minimum atomic E-state index is -0.433. The Labute approximate surface area is 163 Å². The number of anilines is 1. The van der Waals surface area contributed by atoms with Crippen molar-refractivity contribution in [3.05, 3.63) is 59.8 Å². The molecule has 7 heteroatoms. The number of rotatable bonds is 7. The van der Waals surface area contributed by atoms with Crippen LogP contribution in [0.25, 0.3) is 5.57 Å². The molecule has 0 unspecified atom stereocenters. The highest BCUT2D eigenvalue weighted by Gasteiger charge is 2.41. The topological polar surface area (TPSA) is 79.3 Å². The smallest absolute Gasteiger partial charge is 0.282 e. The summed E-state index contributed by atoms with van der Waals surface area (Å²) in [6, 6.07) is 13.8. The molecule has 0 bridgehead atoms. The number of para-hydroxylation sites is 1. The molecule has 3 rings (SSSR count). The van der Waals surface area contributed by atoms with Crippen molar-refractivity contribution >= 4 is 23.1 Å². The first-order chi connectivity index (χ1) is 13.5. The molecular formula is C21H22N2O5. The van der Waals surface area contributed by atoms with Crippen molar-refractivity contribution in [1.82, 2.24) is 4.90 Å². The molecule has 0 fully saturated rings. The van der Waals surface area contributed by atoms with Crippen LogP contribution in [0.15, 0.2) is 54.2 Å². The number of aliphatic hydroxyl groups is 1. The molecule has 146 valence electrons. The molecule has 0 spiro atoms. The number of hydrogen-bond donors (Lipinski definition) is 1. The molecular weight excluding hydrogens is 360 g/mol. The van der Waals surface area contributed by atoms with E-state index in [2.05, 4.69) is 0 Å². The molecule has 2 aromatic rings. The lowest BCUT2D eigenvalue weighted by molar-refractivity contribution is -0.120. The zero-order chi connectivity index (χ0) is 20.3. The lowest BCUT2D eigenvalue weighted by atomic mass is 10.0. The van der Waals surface area contributed by atoms with Crippen molar-refractivity contribution in [2.24, 2.45) is 0 Å². The molecule has 0 saturated heterocycles. The third-order valence-corrected chi connectivity index (χ3v) is 4.56. The van der Waals surface area contributed by atoms with E-state index in [9.17, 15) is 14.7 Å². The zero-order valence-corrected chi connectivity index (χ0v) is 16.0. The van der Waals surface area contributed by atoms with Crippen LogP contribution in [0.3, 0.4) is 0 Å². The van der Waals surface area contributed by atoms with Crippen molar-refractivity contribution in [2.75, 3.05) is 39.3 Å². The third-order valence-electron chi connectivity index (χ3n) is 4.56. The normalized spacial score (nSPS) is 13.9. The number of amides is 2. The average molecular weight is 382 g/mol. The maximum atomic E-state index is 13.3. The number of imide groups is 1. The first-order valence-electron chi connectivity index (χ1n) is 8.76. The van der Waals surface area contributed by atoms with Crippen LogP contribution in [0.5, 0.6) is 11.5 Å². The molecule has 7 nitrogen and oxygen atoms in total. The summed E-state index contributed by atoms with van der Waals surface area (Å²) in [5.41, 5.74) is 1.51. The first kappa shape index (κ1) is 19.4. The van der Waals surface area contributed by atoms with E-state index < -0.39 is 11.8 Å². The van der Waals surface area contributed by atoms with E-state index >= 15 is 0 Å². The van der Waals surface area contributed by atoms with E-state index in [1.807, 2.05) is 6.07 Å². The summed E-state index contributed by atoms with van der Waals surface area (Å²) in [6.07, 6.45) is 0. The highest BCUT2D eigenvalue weighted by Crippen LogP contribution is 2.37. The molecule has 0 aliphatic carbocycles. The number of methoxy groups -OCH3 is 2.